The van der Waals surface area contributed by atoms with Crippen LogP contribution in [0.3, 0.4) is 0 Å². The van der Waals surface area contributed by atoms with Crippen LogP contribution < -0.4 is 15.8 Å². The monoisotopic (exact) mass is 265 g/mol. The number of methoxy groups -OCH3 is 1. The summed E-state index contributed by atoms with van der Waals surface area (Å²) in [6.07, 6.45) is 1.99. The number of ether oxygens (including phenoxy) is 1. The zero-order valence-electron chi connectivity index (χ0n) is 11.9. The number of benzene rings is 1. The summed E-state index contributed by atoms with van der Waals surface area (Å²) >= 11 is 0. The lowest BCUT2D eigenvalue weighted by Crippen LogP contribution is -2.26. The van der Waals surface area contributed by atoms with Crippen LogP contribution in [0.1, 0.15) is 23.2 Å². The molecule has 1 aromatic rings. The van der Waals surface area contributed by atoms with Gasteiger partial charge in [0.1, 0.15) is 11.3 Å². The highest BCUT2D eigenvalue weighted by molar-refractivity contribution is 6.01. The summed E-state index contributed by atoms with van der Waals surface area (Å²) in [6.45, 7) is 1.66. The Morgan fingerprint density at radius 1 is 1.37 bits per heavy atom. The number of nitrogen functional groups attached to an aromatic ring is 1. The van der Waals surface area contributed by atoms with Crippen molar-refractivity contribution in [1.82, 2.24) is 10.2 Å². The van der Waals surface area contributed by atoms with Crippen molar-refractivity contribution in [2.45, 2.75) is 12.8 Å². The molecule has 0 atom stereocenters. The second-order valence-electron chi connectivity index (χ2n) is 4.69. The van der Waals surface area contributed by atoms with Gasteiger partial charge in [0.15, 0.2) is 0 Å². The topological polar surface area (TPSA) is 67.6 Å². The van der Waals surface area contributed by atoms with Crippen LogP contribution in [0.15, 0.2) is 18.2 Å². The molecule has 0 heterocycles. The average Bonchev–Trinajstić information content (AvgIpc) is 2.37. The van der Waals surface area contributed by atoms with Crippen LogP contribution in [0.25, 0.3) is 0 Å². The molecule has 0 unspecified atom stereocenters. The van der Waals surface area contributed by atoms with Gasteiger partial charge in [0.05, 0.1) is 7.11 Å². The van der Waals surface area contributed by atoms with E-state index in [4.69, 9.17) is 10.5 Å². The number of rotatable bonds is 7. The first kappa shape index (κ1) is 15.3. The lowest BCUT2D eigenvalue weighted by Gasteiger charge is -2.12. The number of hydrogen-bond donors (Lipinski definition) is 2. The van der Waals surface area contributed by atoms with E-state index < -0.39 is 0 Å². The molecule has 0 spiro atoms. The van der Waals surface area contributed by atoms with Gasteiger partial charge in [-0.25, -0.2) is 0 Å². The second-order valence-corrected chi connectivity index (χ2v) is 4.69. The molecule has 0 aliphatic heterocycles. The molecule has 1 aromatic carbocycles. The molecule has 0 radical (unpaired) electrons. The smallest absolute Gasteiger partial charge is 0.257 e. The Hall–Kier alpha value is -1.75. The van der Waals surface area contributed by atoms with Crippen LogP contribution in [-0.4, -0.2) is 45.1 Å². The highest BCUT2D eigenvalue weighted by atomic mass is 16.5. The van der Waals surface area contributed by atoms with Crippen molar-refractivity contribution in [1.29, 1.82) is 0 Å². The highest BCUT2D eigenvalue weighted by Gasteiger charge is 2.14. The van der Waals surface area contributed by atoms with Gasteiger partial charge < -0.3 is 20.7 Å². The zero-order valence-corrected chi connectivity index (χ0v) is 11.9. The number of nitrogens with one attached hydrogen (secondary N) is 1. The van der Waals surface area contributed by atoms with E-state index in [9.17, 15) is 4.79 Å². The van der Waals surface area contributed by atoms with Crippen LogP contribution in [0.5, 0.6) is 5.75 Å². The largest absolute Gasteiger partial charge is 0.496 e. The Morgan fingerprint density at radius 3 is 2.74 bits per heavy atom. The minimum atomic E-state index is -0.181. The quantitative estimate of drug-likeness (QED) is 0.577. The average molecular weight is 265 g/mol. The van der Waals surface area contributed by atoms with Crippen molar-refractivity contribution in [2.75, 3.05) is 40.0 Å². The normalized spacial score (nSPS) is 10.5. The maximum atomic E-state index is 12.1. The lowest BCUT2D eigenvalue weighted by atomic mass is 10.1. The maximum Gasteiger partial charge on any atom is 0.257 e. The molecule has 0 aliphatic rings. The predicted octanol–water partition coefficient (Wildman–Crippen LogP) is 1.35. The molecule has 0 aromatic heterocycles. The van der Waals surface area contributed by atoms with Crippen molar-refractivity contribution < 1.29 is 9.53 Å². The molecule has 1 rings (SSSR count). The fourth-order valence-electron chi connectivity index (χ4n) is 1.80. The molecule has 1 amide bonds. The molecule has 0 bridgehead atoms. The Balaban J connectivity index is 2.50. The Morgan fingerprint density at radius 2 is 2.11 bits per heavy atom. The molecule has 0 fully saturated rings. The molecule has 0 saturated carbocycles. The first-order valence-corrected chi connectivity index (χ1v) is 6.41. The van der Waals surface area contributed by atoms with Crippen molar-refractivity contribution in [3.05, 3.63) is 23.8 Å². The van der Waals surface area contributed by atoms with E-state index in [1.165, 1.54) is 7.11 Å². The first-order chi connectivity index (χ1) is 9.06. The summed E-state index contributed by atoms with van der Waals surface area (Å²) in [4.78, 5) is 14.2. The molecule has 0 saturated heterocycles. The van der Waals surface area contributed by atoms with Crippen molar-refractivity contribution in [3.8, 4) is 5.75 Å². The van der Waals surface area contributed by atoms with Gasteiger partial charge in [-0.3, -0.25) is 4.79 Å². The molecule has 3 N–H and O–H groups in total. The summed E-state index contributed by atoms with van der Waals surface area (Å²) in [5.41, 5.74) is 6.67. The number of amides is 1. The fourth-order valence-corrected chi connectivity index (χ4v) is 1.80. The number of nitrogens with two attached hydrogens (primary N) is 1. The van der Waals surface area contributed by atoms with Crippen molar-refractivity contribution in [3.63, 3.8) is 0 Å². The third kappa shape index (κ3) is 4.79. The summed E-state index contributed by atoms with van der Waals surface area (Å²) < 4.78 is 5.16. The van der Waals surface area contributed by atoms with Crippen LogP contribution >= 0.6 is 0 Å². The molecule has 19 heavy (non-hydrogen) atoms. The highest BCUT2D eigenvalue weighted by Crippen LogP contribution is 2.23. The van der Waals surface area contributed by atoms with E-state index in [1.807, 2.05) is 14.1 Å². The van der Waals surface area contributed by atoms with Gasteiger partial charge in [0.2, 0.25) is 0 Å². The Bertz CT molecular complexity index is 419. The van der Waals surface area contributed by atoms with Crippen LogP contribution in [0.2, 0.25) is 0 Å². The summed E-state index contributed by atoms with van der Waals surface area (Å²) in [5, 5.41) is 2.87. The number of carbonyl (C=O) groups excluding carboxylic acids is 1. The van der Waals surface area contributed by atoms with Gasteiger partial charge in [-0.2, -0.15) is 0 Å². The third-order valence-corrected chi connectivity index (χ3v) is 2.82. The van der Waals surface area contributed by atoms with Crippen LogP contribution in [-0.2, 0) is 0 Å². The van der Waals surface area contributed by atoms with E-state index in [0.717, 1.165) is 19.4 Å². The molecule has 106 valence electrons. The van der Waals surface area contributed by atoms with Gasteiger partial charge in [0.25, 0.3) is 5.91 Å². The maximum absolute atomic E-state index is 12.1. The zero-order chi connectivity index (χ0) is 14.3. The van der Waals surface area contributed by atoms with E-state index in [2.05, 4.69) is 10.2 Å². The van der Waals surface area contributed by atoms with E-state index in [-0.39, 0.29) is 5.91 Å². The number of anilines is 1. The fraction of sp³-hybridized carbons (Fsp3) is 0.500. The molecular formula is C14H23N3O2. The van der Waals surface area contributed by atoms with Crippen molar-refractivity contribution in [2.24, 2.45) is 0 Å². The second kappa shape index (κ2) is 7.63. The summed E-state index contributed by atoms with van der Waals surface area (Å²) in [6, 6.07) is 5.20. The number of hydrogen-bond acceptors (Lipinski definition) is 4. The Kier molecular flexibility index (Phi) is 6.15. The van der Waals surface area contributed by atoms with Gasteiger partial charge in [0, 0.05) is 12.2 Å². The van der Waals surface area contributed by atoms with Crippen molar-refractivity contribution >= 4 is 11.6 Å². The van der Waals surface area contributed by atoms with Gasteiger partial charge in [-0.1, -0.05) is 6.07 Å². The van der Waals surface area contributed by atoms with Crippen LogP contribution in [0.4, 0.5) is 5.69 Å². The van der Waals surface area contributed by atoms with E-state index in [0.29, 0.717) is 23.5 Å². The standard InChI is InChI=1S/C14H23N3O2/c1-17(2)10-5-4-9-16-14(18)13-11(15)7-6-8-12(13)19-3/h6-8H,4-5,9-10,15H2,1-3H3,(H,16,18). The third-order valence-electron chi connectivity index (χ3n) is 2.82. The number of unbranched alkanes of at least 4 members (excludes halogenated alkanes) is 1. The first-order valence-electron chi connectivity index (χ1n) is 6.41. The van der Waals surface area contributed by atoms with Gasteiger partial charge in [-0.15, -0.1) is 0 Å². The predicted molar refractivity (Wildman–Crippen MR) is 77.5 cm³/mol. The molecule has 5 nitrogen and oxygen atoms in total. The Labute approximate surface area is 114 Å². The van der Waals surface area contributed by atoms with Gasteiger partial charge in [-0.05, 0) is 45.6 Å². The molecule has 5 heteroatoms. The SMILES string of the molecule is COc1cccc(N)c1C(=O)NCCCCN(C)C. The minimum absolute atomic E-state index is 0.181. The molecule has 0 aliphatic carbocycles. The molecular weight excluding hydrogens is 242 g/mol. The van der Waals surface area contributed by atoms with E-state index >= 15 is 0 Å². The lowest BCUT2D eigenvalue weighted by molar-refractivity contribution is 0.0950. The number of nitrogens with zero attached hydrogens (tertiary/aromatic N) is 1. The summed E-state index contributed by atoms with van der Waals surface area (Å²) in [7, 11) is 5.60. The summed E-state index contributed by atoms with van der Waals surface area (Å²) in [5.74, 6) is 0.325. The number of carbonyl (C=O) groups is 1. The van der Waals surface area contributed by atoms with Gasteiger partial charge >= 0.3 is 0 Å². The van der Waals surface area contributed by atoms with E-state index in [1.54, 1.807) is 18.2 Å². The minimum Gasteiger partial charge on any atom is -0.496 e. The van der Waals surface area contributed by atoms with Crippen LogP contribution in [0, 0.1) is 0 Å².